The first-order chi connectivity index (χ1) is 17.9. The summed E-state index contributed by atoms with van der Waals surface area (Å²) in [5.74, 6) is -0.684. The van der Waals surface area contributed by atoms with Crippen LogP contribution >= 0.6 is 0 Å². The summed E-state index contributed by atoms with van der Waals surface area (Å²) in [6.07, 6.45) is 0.630. The van der Waals surface area contributed by atoms with Crippen LogP contribution < -0.4 is 5.32 Å². The van der Waals surface area contributed by atoms with Crippen LogP contribution in [0.4, 0.5) is 10.2 Å². The Labute approximate surface area is 216 Å². The molecule has 1 atom stereocenters. The first-order valence-electron chi connectivity index (χ1n) is 12.4. The van der Waals surface area contributed by atoms with Gasteiger partial charge in [0, 0.05) is 17.7 Å². The Morgan fingerprint density at radius 3 is 2.16 bits per heavy atom. The number of carbonyl (C=O) groups is 2. The molecule has 4 rings (SSSR count). The Balaban J connectivity index is 1.59. The van der Waals surface area contributed by atoms with E-state index >= 15 is 0 Å². The second-order valence-corrected chi connectivity index (χ2v) is 9.15. The van der Waals surface area contributed by atoms with Crippen LogP contribution in [0.15, 0.2) is 91.0 Å². The molecule has 0 fully saturated rings. The zero-order valence-corrected chi connectivity index (χ0v) is 21.3. The molecule has 0 saturated carbocycles. The van der Waals surface area contributed by atoms with Crippen molar-refractivity contribution in [2.24, 2.45) is 0 Å². The Kier molecular flexibility index (Phi) is 8.13. The Morgan fingerprint density at radius 1 is 0.946 bits per heavy atom. The van der Waals surface area contributed by atoms with Crippen molar-refractivity contribution in [3.63, 3.8) is 0 Å². The molecule has 0 aliphatic carbocycles. The fourth-order valence-corrected chi connectivity index (χ4v) is 4.29. The molecule has 0 saturated heterocycles. The van der Waals surface area contributed by atoms with Crippen LogP contribution in [0.2, 0.25) is 0 Å². The summed E-state index contributed by atoms with van der Waals surface area (Å²) in [4.78, 5) is 28.4. The fraction of sp³-hybridized carbons (Fsp3) is 0.233. The molecule has 4 aromatic rings. The molecule has 1 aromatic heterocycles. The van der Waals surface area contributed by atoms with Gasteiger partial charge in [-0.3, -0.25) is 9.59 Å². The van der Waals surface area contributed by atoms with Crippen LogP contribution in [0, 0.1) is 5.82 Å². The molecule has 0 aliphatic heterocycles. The van der Waals surface area contributed by atoms with Crippen molar-refractivity contribution in [2.75, 3.05) is 11.9 Å². The van der Waals surface area contributed by atoms with Crippen LogP contribution in [-0.2, 0) is 9.59 Å². The SMILES string of the molecule is CC[C@H](C(=O)N(CC(=O)Nc1cc(-c2ccccc2)nn1-c1ccc(F)cc1)C(C)C)c1ccccc1. The maximum absolute atomic E-state index is 13.6. The summed E-state index contributed by atoms with van der Waals surface area (Å²) in [5, 5.41) is 7.59. The van der Waals surface area contributed by atoms with Gasteiger partial charge < -0.3 is 10.2 Å². The van der Waals surface area contributed by atoms with E-state index in [0.29, 0.717) is 23.6 Å². The maximum Gasteiger partial charge on any atom is 0.245 e. The molecule has 0 bridgehead atoms. The lowest BCUT2D eigenvalue weighted by Crippen LogP contribution is -2.44. The van der Waals surface area contributed by atoms with E-state index in [2.05, 4.69) is 10.4 Å². The second-order valence-electron chi connectivity index (χ2n) is 9.15. The van der Waals surface area contributed by atoms with E-state index in [9.17, 15) is 14.0 Å². The average Bonchev–Trinajstić information content (AvgIpc) is 3.32. The van der Waals surface area contributed by atoms with Gasteiger partial charge in [-0.05, 0) is 50.1 Å². The summed E-state index contributed by atoms with van der Waals surface area (Å²) < 4.78 is 15.1. The number of carbonyl (C=O) groups excluding carboxylic acids is 2. The third-order valence-electron chi connectivity index (χ3n) is 6.25. The summed E-state index contributed by atoms with van der Waals surface area (Å²) in [6.45, 7) is 5.67. The molecule has 7 heteroatoms. The predicted octanol–water partition coefficient (Wildman–Crippen LogP) is 6.05. The smallest absolute Gasteiger partial charge is 0.245 e. The summed E-state index contributed by atoms with van der Waals surface area (Å²) in [7, 11) is 0. The highest BCUT2D eigenvalue weighted by molar-refractivity contribution is 5.95. The van der Waals surface area contributed by atoms with Gasteiger partial charge >= 0.3 is 0 Å². The Bertz CT molecular complexity index is 1340. The van der Waals surface area contributed by atoms with Crippen LogP contribution in [-0.4, -0.2) is 39.1 Å². The minimum absolute atomic E-state index is 0.0872. The Hall–Kier alpha value is -4.26. The number of hydrogen-bond donors (Lipinski definition) is 1. The molecule has 0 aliphatic rings. The first kappa shape index (κ1) is 25.8. The average molecular weight is 499 g/mol. The van der Waals surface area contributed by atoms with E-state index in [4.69, 9.17) is 0 Å². The lowest BCUT2D eigenvalue weighted by Gasteiger charge is -2.30. The van der Waals surface area contributed by atoms with E-state index in [-0.39, 0.29) is 36.1 Å². The number of halogens is 1. The van der Waals surface area contributed by atoms with Gasteiger partial charge in [0.15, 0.2) is 0 Å². The van der Waals surface area contributed by atoms with Crippen LogP contribution in [0.25, 0.3) is 16.9 Å². The number of amides is 2. The van der Waals surface area contributed by atoms with Crippen molar-refractivity contribution in [2.45, 2.75) is 39.2 Å². The second kappa shape index (κ2) is 11.6. The van der Waals surface area contributed by atoms with Crippen molar-refractivity contribution in [1.82, 2.24) is 14.7 Å². The highest BCUT2D eigenvalue weighted by Gasteiger charge is 2.28. The van der Waals surface area contributed by atoms with Gasteiger partial charge in [0.1, 0.15) is 18.2 Å². The van der Waals surface area contributed by atoms with E-state index in [0.717, 1.165) is 11.1 Å². The minimum atomic E-state index is -0.361. The molecule has 1 heterocycles. The molecule has 3 aromatic carbocycles. The molecule has 2 amide bonds. The third kappa shape index (κ3) is 6.12. The highest BCUT2D eigenvalue weighted by atomic mass is 19.1. The van der Waals surface area contributed by atoms with Crippen molar-refractivity contribution in [3.05, 3.63) is 102 Å². The number of benzene rings is 3. The normalized spacial score (nSPS) is 11.8. The summed E-state index contributed by atoms with van der Waals surface area (Å²) >= 11 is 0. The molecule has 37 heavy (non-hydrogen) atoms. The maximum atomic E-state index is 13.6. The molecule has 0 spiro atoms. The van der Waals surface area contributed by atoms with Crippen molar-refractivity contribution < 1.29 is 14.0 Å². The van der Waals surface area contributed by atoms with Gasteiger partial charge in [0.05, 0.1) is 17.3 Å². The van der Waals surface area contributed by atoms with Gasteiger partial charge in [-0.1, -0.05) is 67.6 Å². The standard InChI is InChI=1S/C30H31FN4O2/c1-4-26(22-11-7-5-8-12-22)30(37)34(21(2)3)20-29(36)32-28-19-27(23-13-9-6-10-14-23)33-35(28)25-17-15-24(31)16-18-25/h5-19,21,26H,4,20H2,1-3H3,(H,32,36)/t26-/m0/s1. The predicted molar refractivity (Wildman–Crippen MR) is 144 cm³/mol. The van der Waals surface area contributed by atoms with Gasteiger partial charge in [0.2, 0.25) is 11.8 Å². The van der Waals surface area contributed by atoms with Gasteiger partial charge in [0.25, 0.3) is 0 Å². The number of aromatic nitrogens is 2. The molecule has 190 valence electrons. The summed E-state index contributed by atoms with van der Waals surface area (Å²) in [6, 6.07) is 26.7. The lowest BCUT2D eigenvalue weighted by atomic mass is 9.94. The van der Waals surface area contributed by atoms with E-state index in [1.807, 2.05) is 81.4 Å². The van der Waals surface area contributed by atoms with Crippen molar-refractivity contribution in [1.29, 1.82) is 0 Å². The Morgan fingerprint density at radius 2 is 1.57 bits per heavy atom. The zero-order valence-electron chi connectivity index (χ0n) is 21.3. The van der Waals surface area contributed by atoms with E-state index < -0.39 is 0 Å². The van der Waals surface area contributed by atoms with Gasteiger partial charge in [-0.25, -0.2) is 9.07 Å². The van der Waals surface area contributed by atoms with Gasteiger partial charge in [-0.2, -0.15) is 5.10 Å². The van der Waals surface area contributed by atoms with Crippen LogP contribution in [0.5, 0.6) is 0 Å². The van der Waals surface area contributed by atoms with E-state index in [1.54, 1.807) is 27.8 Å². The van der Waals surface area contributed by atoms with Crippen molar-refractivity contribution in [3.8, 4) is 16.9 Å². The van der Waals surface area contributed by atoms with Crippen molar-refractivity contribution >= 4 is 17.6 Å². The number of nitrogens with one attached hydrogen (secondary N) is 1. The topological polar surface area (TPSA) is 67.2 Å². The van der Waals surface area contributed by atoms with Gasteiger partial charge in [-0.15, -0.1) is 0 Å². The first-order valence-corrected chi connectivity index (χ1v) is 12.4. The molecule has 6 nitrogen and oxygen atoms in total. The van der Waals surface area contributed by atoms with Crippen LogP contribution in [0.1, 0.15) is 38.7 Å². The van der Waals surface area contributed by atoms with E-state index in [1.165, 1.54) is 12.1 Å². The molecular formula is C30H31FN4O2. The zero-order chi connectivity index (χ0) is 26.4. The largest absolute Gasteiger partial charge is 0.330 e. The number of hydrogen-bond acceptors (Lipinski definition) is 3. The summed E-state index contributed by atoms with van der Waals surface area (Å²) in [5.41, 5.74) is 3.08. The molecular weight excluding hydrogens is 467 g/mol. The third-order valence-corrected chi connectivity index (χ3v) is 6.25. The van der Waals surface area contributed by atoms with Crippen LogP contribution in [0.3, 0.4) is 0 Å². The lowest BCUT2D eigenvalue weighted by molar-refractivity contribution is -0.137. The number of nitrogens with zero attached hydrogens (tertiary/aromatic N) is 3. The quantitative estimate of drug-likeness (QED) is 0.306. The monoisotopic (exact) mass is 498 g/mol. The molecule has 0 radical (unpaired) electrons. The fourth-order valence-electron chi connectivity index (χ4n) is 4.29. The highest BCUT2D eigenvalue weighted by Crippen LogP contribution is 2.26. The molecule has 0 unspecified atom stereocenters. The molecule has 1 N–H and O–H groups in total. The number of rotatable bonds is 9. The minimum Gasteiger partial charge on any atom is -0.330 e. The number of anilines is 1.